The van der Waals surface area contributed by atoms with Gasteiger partial charge in [-0.25, -0.2) is 14.4 Å². The SMILES string of the molecule is NC(/C=C\c1n[nH]c(Cc2ccc(F)cc2)n1)=Nc1cccc(Cl)c1. The Labute approximate surface area is 149 Å². The summed E-state index contributed by atoms with van der Waals surface area (Å²) in [5, 5.41) is 7.53. The standard InChI is InChI=1S/C18H15ClFN5/c19-13-2-1-3-15(11-13)22-16(21)8-9-17-23-18(25-24-17)10-12-4-6-14(20)7-5-12/h1-9,11H,10H2,(H2,21,22)(H,23,24,25)/b9-8-. The molecular weight excluding hydrogens is 341 g/mol. The first kappa shape index (κ1) is 16.9. The quantitative estimate of drug-likeness (QED) is 0.538. The molecule has 0 radical (unpaired) electrons. The predicted octanol–water partition coefficient (Wildman–Crippen LogP) is 3.89. The molecule has 5 nitrogen and oxygen atoms in total. The number of nitrogens with one attached hydrogen (secondary N) is 1. The van der Waals surface area contributed by atoms with Gasteiger partial charge in [0.15, 0.2) is 5.82 Å². The van der Waals surface area contributed by atoms with Crippen LogP contribution >= 0.6 is 11.6 Å². The van der Waals surface area contributed by atoms with Crippen LogP contribution in [-0.2, 0) is 6.42 Å². The van der Waals surface area contributed by atoms with Crippen molar-refractivity contribution in [2.75, 3.05) is 0 Å². The smallest absolute Gasteiger partial charge is 0.174 e. The van der Waals surface area contributed by atoms with Crippen LogP contribution in [-0.4, -0.2) is 21.0 Å². The first-order valence-electron chi connectivity index (χ1n) is 7.52. The van der Waals surface area contributed by atoms with Gasteiger partial charge in [-0.05, 0) is 48.0 Å². The van der Waals surface area contributed by atoms with Gasteiger partial charge in [0.1, 0.15) is 17.5 Å². The number of aliphatic imine (C=N–C) groups is 1. The number of benzene rings is 2. The maximum Gasteiger partial charge on any atom is 0.174 e. The number of rotatable bonds is 5. The summed E-state index contributed by atoms with van der Waals surface area (Å²) >= 11 is 5.91. The van der Waals surface area contributed by atoms with Gasteiger partial charge in [-0.3, -0.25) is 5.10 Å². The Morgan fingerprint density at radius 2 is 2.04 bits per heavy atom. The molecule has 0 amide bonds. The molecule has 0 atom stereocenters. The van der Waals surface area contributed by atoms with Gasteiger partial charge in [-0.2, -0.15) is 5.10 Å². The van der Waals surface area contributed by atoms with Crippen LogP contribution < -0.4 is 5.73 Å². The highest BCUT2D eigenvalue weighted by Gasteiger charge is 2.02. The molecule has 7 heteroatoms. The number of nitrogens with two attached hydrogens (primary N) is 1. The molecule has 3 N–H and O–H groups in total. The maximum absolute atomic E-state index is 12.9. The topological polar surface area (TPSA) is 80.0 Å². The monoisotopic (exact) mass is 355 g/mol. The molecule has 0 saturated heterocycles. The van der Waals surface area contributed by atoms with Gasteiger partial charge >= 0.3 is 0 Å². The van der Waals surface area contributed by atoms with E-state index in [0.29, 0.717) is 34.6 Å². The highest BCUT2D eigenvalue weighted by atomic mass is 35.5. The summed E-state index contributed by atoms with van der Waals surface area (Å²) < 4.78 is 12.9. The third kappa shape index (κ3) is 4.99. The van der Waals surface area contributed by atoms with E-state index in [0.717, 1.165) is 5.56 Å². The van der Waals surface area contributed by atoms with Crippen LogP contribution in [0.3, 0.4) is 0 Å². The molecule has 1 heterocycles. The van der Waals surface area contributed by atoms with E-state index in [1.165, 1.54) is 12.1 Å². The molecule has 0 fully saturated rings. The Bertz CT molecular complexity index is 915. The van der Waals surface area contributed by atoms with Crippen LogP contribution in [0.1, 0.15) is 17.2 Å². The van der Waals surface area contributed by atoms with Gasteiger partial charge in [0, 0.05) is 11.4 Å². The molecule has 0 spiro atoms. The molecule has 0 bridgehead atoms. The number of nitrogens with zero attached hydrogens (tertiary/aromatic N) is 3. The van der Waals surface area contributed by atoms with Crippen LogP contribution in [0.4, 0.5) is 10.1 Å². The molecule has 0 aliphatic heterocycles. The minimum atomic E-state index is -0.264. The lowest BCUT2D eigenvalue weighted by atomic mass is 10.1. The van der Waals surface area contributed by atoms with Crippen molar-refractivity contribution >= 4 is 29.2 Å². The number of halogens is 2. The highest BCUT2D eigenvalue weighted by molar-refractivity contribution is 6.30. The minimum Gasteiger partial charge on any atom is -0.384 e. The van der Waals surface area contributed by atoms with E-state index in [4.69, 9.17) is 17.3 Å². The lowest BCUT2D eigenvalue weighted by Crippen LogP contribution is -2.06. The summed E-state index contributed by atoms with van der Waals surface area (Å²) in [7, 11) is 0. The number of H-pyrrole nitrogens is 1. The van der Waals surface area contributed by atoms with Gasteiger partial charge in [-0.1, -0.05) is 29.8 Å². The average molecular weight is 356 g/mol. The largest absolute Gasteiger partial charge is 0.384 e. The van der Waals surface area contributed by atoms with Crippen molar-refractivity contribution in [3.8, 4) is 0 Å². The second-order valence-electron chi connectivity index (χ2n) is 5.29. The van der Waals surface area contributed by atoms with E-state index >= 15 is 0 Å². The number of hydrogen-bond donors (Lipinski definition) is 2. The molecular formula is C18H15ClFN5. The van der Waals surface area contributed by atoms with Crippen molar-refractivity contribution in [1.29, 1.82) is 0 Å². The van der Waals surface area contributed by atoms with E-state index in [2.05, 4.69) is 20.2 Å². The Balaban J connectivity index is 1.66. The molecule has 25 heavy (non-hydrogen) atoms. The lowest BCUT2D eigenvalue weighted by molar-refractivity contribution is 0.627. The molecule has 3 aromatic rings. The lowest BCUT2D eigenvalue weighted by Gasteiger charge is -1.96. The second kappa shape index (κ2) is 7.72. The maximum atomic E-state index is 12.9. The van der Waals surface area contributed by atoms with E-state index < -0.39 is 0 Å². The van der Waals surface area contributed by atoms with Crippen LogP contribution in [0.5, 0.6) is 0 Å². The van der Waals surface area contributed by atoms with E-state index in [-0.39, 0.29) is 5.82 Å². The Morgan fingerprint density at radius 3 is 2.80 bits per heavy atom. The van der Waals surface area contributed by atoms with E-state index in [9.17, 15) is 4.39 Å². The number of amidine groups is 1. The zero-order chi connectivity index (χ0) is 17.6. The fourth-order valence-electron chi connectivity index (χ4n) is 2.15. The van der Waals surface area contributed by atoms with Crippen molar-refractivity contribution in [3.63, 3.8) is 0 Å². The normalized spacial score (nSPS) is 12.0. The Morgan fingerprint density at radius 1 is 1.24 bits per heavy atom. The summed E-state index contributed by atoms with van der Waals surface area (Å²) in [6.07, 6.45) is 3.81. The highest BCUT2D eigenvalue weighted by Crippen LogP contribution is 2.17. The molecule has 0 unspecified atom stereocenters. The van der Waals surface area contributed by atoms with Crippen molar-refractivity contribution in [3.05, 3.63) is 82.7 Å². The van der Waals surface area contributed by atoms with Gasteiger partial charge in [0.25, 0.3) is 0 Å². The minimum absolute atomic E-state index is 0.264. The van der Waals surface area contributed by atoms with Crippen molar-refractivity contribution in [1.82, 2.24) is 15.2 Å². The fourth-order valence-corrected chi connectivity index (χ4v) is 2.34. The fraction of sp³-hybridized carbons (Fsp3) is 0.0556. The summed E-state index contributed by atoms with van der Waals surface area (Å²) in [6.45, 7) is 0. The second-order valence-corrected chi connectivity index (χ2v) is 5.73. The Kier molecular flexibility index (Phi) is 5.20. The molecule has 2 aromatic carbocycles. The third-order valence-corrected chi connectivity index (χ3v) is 3.54. The molecule has 0 aliphatic carbocycles. The van der Waals surface area contributed by atoms with Crippen LogP contribution in [0.25, 0.3) is 6.08 Å². The van der Waals surface area contributed by atoms with Crippen molar-refractivity contribution in [2.24, 2.45) is 10.7 Å². The molecule has 0 aliphatic rings. The first-order valence-corrected chi connectivity index (χ1v) is 7.90. The van der Waals surface area contributed by atoms with E-state index in [1.54, 1.807) is 48.6 Å². The number of aromatic amines is 1. The van der Waals surface area contributed by atoms with Gasteiger partial charge in [0.05, 0.1) is 5.69 Å². The van der Waals surface area contributed by atoms with Crippen molar-refractivity contribution in [2.45, 2.75) is 6.42 Å². The summed E-state index contributed by atoms with van der Waals surface area (Å²) in [4.78, 5) is 8.58. The molecule has 1 aromatic heterocycles. The van der Waals surface area contributed by atoms with Gasteiger partial charge in [-0.15, -0.1) is 0 Å². The summed E-state index contributed by atoms with van der Waals surface area (Å²) in [5.41, 5.74) is 7.48. The number of aromatic nitrogens is 3. The predicted molar refractivity (Wildman–Crippen MR) is 97.4 cm³/mol. The average Bonchev–Trinajstić information content (AvgIpc) is 3.03. The summed E-state index contributed by atoms with van der Waals surface area (Å²) in [5.74, 6) is 1.21. The van der Waals surface area contributed by atoms with Crippen LogP contribution in [0, 0.1) is 5.82 Å². The van der Waals surface area contributed by atoms with E-state index in [1.807, 2.05) is 0 Å². The first-order chi connectivity index (χ1) is 12.1. The third-order valence-electron chi connectivity index (χ3n) is 3.30. The van der Waals surface area contributed by atoms with Crippen LogP contribution in [0.15, 0.2) is 59.6 Å². The molecule has 3 rings (SSSR count). The molecule has 0 saturated carbocycles. The van der Waals surface area contributed by atoms with Crippen LogP contribution in [0.2, 0.25) is 5.02 Å². The Hall–Kier alpha value is -2.99. The van der Waals surface area contributed by atoms with Gasteiger partial charge in [0.2, 0.25) is 0 Å². The number of hydrogen-bond acceptors (Lipinski definition) is 3. The van der Waals surface area contributed by atoms with Gasteiger partial charge < -0.3 is 5.73 Å². The molecule has 126 valence electrons. The zero-order valence-corrected chi connectivity index (χ0v) is 13.9. The summed E-state index contributed by atoms with van der Waals surface area (Å²) in [6, 6.07) is 13.3. The van der Waals surface area contributed by atoms with Crippen molar-refractivity contribution < 1.29 is 4.39 Å². The zero-order valence-electron chi connectivity index (χ0n) is 13.2.